The van der Waals surface area contributed by atoms with Gasteiger partial charge in [0.15, 0.2) is 0 Å². The summed E-state index contributed by atoms with van der Waals surface area (Å²) in [5.41, 5.74) is 0.955. The zero-order valence-corrected chi connectivity index (χ0v) is 9.34. The van der Waals surface area contributed by atoms with Gasteiger partial charge in [0.25, 0.3) is 0 Å². The van der Waals surface area contributed by atoms with Crippen LogP contribution in [0.15, 0.2) is 30.3 Å². The molecule has 0 aliphatic heterocycles. The maximum atomic E-state index is 10.9. The number of primary sulfonamides is 1. The lowest BCUT2D eigenvalue weighted by atomic mass is 10.0. The van der Waals surface area contributed by atoms with Gasteiger partial charge in [0.1, 0.15) is 0 Å². The van der Waals surface area contributed by atoms with E-state index < -0.39 is 10.0 Å². The first-order valence-corrected chi connectivity index (χ1v) is 6.54. The van der Waals surface area contributed by atoms with Crippen LogP contribution >= 0.6 is 12.6 Å². The number of benzene rings is 1. The summed E-state index contributed by atoms with van der Waals surface area (Å²) in [6, 6.07) is 9.39. The highest BCUT2D eigenvalue weighted by atomic mass is 32.2. The summed E-state index contributed by atoms with van der Waals surface area (Å²) in [5.74, 6) is 0.288. The molecular formula is C9H13NO2S2. The van der Waals surface area contributed by atoms with Crippen molar-refractivity contribution in [3.63, 3.8) is 0 Å². The normalized spacial score (nSPS) is 13.9. The van der Waals surface area contributed by atoms with E-state index in [0.29, 0.717) is 5.75 Å². The molecule has 0 aromatic heterocycles. The first kappa shape index (κ1) is 11.6. The van der Waals surface area contributed by atoms with Gasteiger partial charge in [-0.1, -0.05) is 30.3 Å². The van der Waals surface area contributed by atoms with E-state index in [1.165, 1.54) is 0 Å². The SMILES string of the molecule is NS(=O)(=O)CC(CS)c1ccccc1. The molecule has 1 rings (SSSR count). The number of thiol groups is 1. The first-order valence-electron chi connectivity index (χ1n) is 4.19. The minimum Gasteiger partial charge on any atom is -0.229 e. The highest BCUT2D eigenvalue weighted by Gasteiger charge is 2.15. The van der Waals surface area contributed by atoms with Crippen LogP contribution in [0.4, 0.5) is 0 Å². The van der Waals surface area contributed by atoms with E-state index in [1.54, 1.807) is 0 Å². The van der Waals surface area contributed by atoms with Crippen LogP contribution in [0, 0.1) is 0 Å². The highest BCUT2D eigenvalue weighted by Crippen LogP contribution is 2.17. The van der Waals surface area contributed by atoms with Crippen LogP contribution in [0.25, 0.3) is 0 Å². The molecule has 0 spiro atoms. The predicted molar refractivity (Wildman–Crippen MR) is 61.0 cm³/mol. The van der Waals surface area contributed by atoms with Gasteiger partial charge in [0.05, 0.1) is 5.75 Å². The molecule has 1 aromatic rings. The largest absolute Gasteiger partial charge is 0.229 e. The maximum absolute atomic E-state index is 10.9. The van der Waals surface area contributed by atoms with E-state index in [0.717, 1.165) is 5.56 Å². The number of rotatable bonds is 4. The van der Waals surface area contributed by atoms with Gasteiger partial charge in [-0.25, -0.2) is 13.6 Å². The minimum absolute atomic E-state index is 0.0550. The van der Waals surface area contributed by atoms with Crippen LogP contribution in [-0.2, 0) is 10.0 Å². The fourth-order valence-corrected chi connectivity index (χ4v) is 2.65. The Balaban J connectivity index is 2.84. The molecule has 0 heterocycles. The molecule has 0 fully saturated rings. The van der Waals surface area contributed by atoms with Crippen molar-refractivity contribution in [3.8, 4) is 0 Å². The lowest BCUT2D eigenvalue weighted by molar-refractivity contribution is 0.592. The second kappa shape index (κ2) is 4.82. The fourth-order valence-electron chi connectivity index (χ4n) is 1.26. The molecule has 0 bridgehead atoms. The van der Waals surface area contributed by atoms with Crippen molar-refractivity contribution in [3.05, 3.63) is 35.9 Å². The third kappa shape index (κ3) is 3.69. The summed E-state index contributed by atoms with van der Waals surface area (Å²) >= 11 is 4.12. The van der Waals surface area contributed by atoms with E-state index in [4.69, 9.17) is 5.14 Å². The van der Waals surface area contributed by atoms with Crippen LogP contribution in [0.5, 0.6) is 0 Å². The molecule has 5 heteroatoms. The quantitative estimate of drug-likeness (QED) is 0.759. The molecule has 2 N–H and O–H groups in total. The van der Waals surface area contributed by atoms with E-state index >= 15 is 0 Å². The monoisotopic (exact) mass is 231 g/mol. The van der Waals surface area contributed by atoms with Gasteiger partial charge in [0, 0.05) is 5.92 Å². The van der Waals surface area contributed by atoms with Gasteiger partial charge in [-0.15, -0.1) is 0 Å². The van der Waals surface area contributed by atoms with Gasteiger partial charge in [-0.05, 0) is 11.3 Å². The van der Waals surface area contributed by atoms with Crippen LogP contribution in [0.1, 0.15) is 11.5 Å². The first-order chi connectivity index (χ1) is 6.53. The Morgan fingerprint density at radius 2 is 1.86 bits per heavy atom. The Morgan fingerprint density at radius 1 is 1.29 bits per heavy atom. The van der Waals surface area contributed by atoms with Gasteiger partial charge < -0.3 is 0 Å². The molecule has 0 saturated carbocycles. The second-order valence-corrected chi connectivity index (χ2v) is 5.14. The third-order valence-electron chi connectivity index (χ3n) is 1.92. The molecule has 14 heavy (non-hydrogen) atoms. The lowest BCUT2D eigenvalue weighted by Crippen LogP contribution is -2.22. The van der Waals surface area contributed by atoms with Crippen LogP contribution < -0.4 is 5.14 Å². The molecular weight excluding hydrogens is 218 g/mol. The zero-order valence-electron chi connectivity index (χ0n) is 7.63. The van der Waals surface area contributed by atoms with E-state index in [2.05, 4.69) is 12.6 Å². The molecule has 0 amide bonds. The second-order valence-electron chi connectivity index (χ2n) is 3.12. The predicted octanol–water partition coefficient (Wildman–Crippen LogP) is 0.989. The summed E-state index contributed by atoms with van der Waals surface area (Å²) in [5, 5.41) is 4.99. The number of sulfonamides is 1. The Bertz CT molecular complexity index is 375. The van der Waals surface area contributed by atoms with E-state index in [1.807, 2.05) is 30.3 Å². The summed E-state index contributed by atoms with van der Waals surface area (Å²) in [4.78, 5) is 0. The number of hydrogen-bond acceptors (Lipinski definition) is 3. The van der Waals surface area contributed by atoms with Gasteiger partial charge >= 0.3 is 0 Å². The number of hydrogen-bond donors (Lipinski definition) is 2. The van der Waals surface area contributed by atoms with Gasteiger partial charge in [0.2, 0.25) is 10.0 Å². The van der Waals surface area contributed by atoms with Crippen molar-refractivity contribution in [2.45, 2.75) is 5.92 Å². The van der Waals surface area contributed by atoms with Crippen molar-refractivity contribution in [1.82, 2.24) is 0 Å². The molecule has 1 aromatic carbocycles. The van der Waals surface area contributed by atoms with Crippen LogP contribution in [0.2, 0.25) is 0 Å². The molecule has 0 aliphatic carbocycles. The summed E-state index contributed by atoms with van der Waals surface area (Å²) < 4.78 is 21.8. The summed E-state index contributed by atoms with van der Waals surface area (Å²) in [6.07, 6.45) is 0. The standard InChI is InChI=1S/C9H13NO2S2/c10-14(11,12)7-9(6-13)8-4-2-1-3-5-8/h1-5,9,13H,6-7H2,(H2,10,11,12). The molecule has 1 atom stereocenters. The van der Waals surface area contributed by atoms with Gasteiger partial charge in [-0.3, -0.25) is 0 Å². The fraction of sp³-hybridized carbons (Fsp3) is 0.333. The molecule has 0 aliphatic rings. The Kier molecular flexibility index (Phi) is 3.97. The van der Waals surface area contributed by atoms with E-state index in [9.17, 15) is 8.42 Å². The average Bonchev–Trinajstić information content (AvgIpc) is 2.14. The van der Waals surface area contributed by atoms with Crippen molar-refractivity contribution in [1.29, 1.82) is 0 Å². The summed E-state index contributed by atoms with van der Waals surface area (Å²) in [7, 11) is -3.43. The van der Waals surface area contributed by atoms with E-state index in [-0.39, 0.29) is 11.7 Å². The summed E-state index contributed by atoms with van der Waals surface area (Å²) in [6.45, 7) is 0. The third-order valence-corrected chi connectivity index (χ3v) is 3.23. The minimum atomic E-state index is -3.43. The molecule has 0 saturated heterocycles. The van der Waals surface area contributed by atoms with Crippen molar-refractivity contribution in [2.75, 3.05) is 11.5 Å². The molecule has 78 valence electrons. The Hall–Kier alpha value is -0.520. The maximum Gasteiger partial charge on any atom is 0.209 e. The Labute approximate surface area is 89.8 Å². The van der Waals surface area contributed by atoms with Crippen molar-refractivity contribution >= 4 is 22.7 Å². The highest BCUT2D eigenvalue weighted by molar-refractivity contribution is 7.89. The molecule has 0 radical (unpaired) electrons. The average molecular weight is 231 g/mol. The number of nitrogens with two attached hydrogens (primary N) is 1. The van der Waals surface area contributed by atoms with Crippen LogP contribution in [0.3, 0.4) is 0 Å². The van der Waals surface area contributed by atoms with Gasteiger partial charge in [-0.2, -0.15) is 12.6 Å². The Morgan fingerprint density at radius 3 is 2.29 bits per heavy atom. The van der Waals surface area contributed by atoms with Crippen molar-refractivity contribution < 1.29 is 8.42 Å². The topological polar surface area (TPSA) is 60.2 Å². The zero-order chi connectivity index (χ0) is 10.6. The van der Waals surface area contributed by atoms with Crippen molar-refractivity contribution in [2.24, 2.45) is 5.14 Å². The molecule has 3 nitrogen and oxygen atoms in total. The van der Waals surface area contributed by atoms with Crippen LogP contribution in [-0.4, -0.2) is 19.9 Å². The smallest absolute Gasteiger partial charge is 0.209 e. The lowest BCUT2D eigenvalue weighted by Gasteiger charge is -2.12. The molecule has 1 unspecified atom stereocenters.